The maximum atomic E-state index is 11.4. The molecule has 0 spiro atoms. The predicted molar refractivity (Wildman–Crippen MR) is 88.7 cm³/mol. The Balaban J connectivity index is 0.00000220. The van der Waals surface area contributed by atoms with E-state index in [1.165, 1.54) is 24.7 Å². The largest absolute Gasteiger partial charge is 0.319 e. The molecule has 0 saturated carbocycles. The van der Waals surface area contributed by atoms with E-state index in [1.807, 2.05) is 19.2 Å². The summed E-state index contributed by atoms with van der Waals surface area (Å²) in [4.78, 5) is 2.84. The van der Waals surface area contributed by atoms with Gasteiger partial charge in [-0.2, -0.15) is 0 Å². The SMILES string of the molecule is CNCC1CCN(Cc2ccc(S(C)(=O)=O)cc2)CC1.Cl. The van der Waals surface area contributed by atoms with Crippen LogP contribution in [0.1, 0.15) is 18.4 Å². The van der Waals surface area contributed by atoms with Crippen molar-refractivity contribution >= 4 is 22.2 Å². The lowest BCUT2D eigenvalue weighted by Crippen LogP contribution is -2.36. The Morgan fingerprint density at radius 3 is 2.24 bits per heavy atom. The van der Waals surface area contributed by atoms with Gasteiger partial charge in [-0.3, -0.25) is 4.90 Å². The third-order valence-corrected chi connectivity index (χ3v) is 5.09. The first-order chi connectivity index (χ1) is 9.49. The van der Waals surface area contributed by atoms with Gasteiger partial charge in [-0.1, -0.05) is 12.1 Å². The van der Waals surface area contributed by atoms with Crippen LogP contribution in [0.15, 0.2) is 29.2 Å². The van der Waals surface area contributed by atoms with Crippen molar-refractivity contribution in [2.45, 2.75) is 24.3 Å². The molecule has 1 saturated heterocycles. The number of benzene rings is 1. The second kappa shape index (κ2) is 8.13. The average molecular weight is 333 g/mol. The molecule has 4 nitrogen and oxygen atoms in total. The molecule has 0 unspecified atom stereocenters. The van der Waals surface area contributed by atoms with Crippen molar-refractivity contribution in [3.8, 4) is 0 Å². The van der Waals surface area contributed by atoms with Crippen molar-refractivity contribution in [1.29, 1.82) is 0 Å². The molecule has 1 aromatic rings. The van der Waals surface area contributed by atoms with Gasteiger partial charge in [-0.25, -0.2) is 8.42 Å². The van der Waals surface area contributed by atoms with Gasteiger partial charge in [0.2, 0.25) is 0 Å². The van der Waals surface area contributed by atoms with Gasteiger partial charge >= 0.3 is 0 Å². The maximum Gasteiger partial charge on any atom is 0.175 e. The molecule has 0 aliphatic carbocycles. The maximum absolute atomic E-state index is 11.4. The first-order valence-electron chi connectivity index (χ1n) is 7.15. The topological polar surface area (TPSA) is 49.4 Å². The highest BCUT2D eigenvalue weighted by atomic mass is 35.5. The molecule has 0 radical (unpaired) electrons. The molecule has 1 aliphatic heterocycles. The quantitative estimate of drug-likeness (QED) is 0.895. The normalized spacial score (nSPS) is 17.4. The summed E-state index contributed by atoms with van der Waals surface area (Å²) in [5, 5.41) is 3.25. The summed E-state index contributed by atoms with van der Waals surface area (Å²) in [6.45, 7) is 4.27. The van der Waals surface area contributed by atoms with Crippen molar-refractivity contribution in [3.63, 3.8) is 0 Å². The number of likely N-dealkylation sites (tertiary alicyclic amines) is 1. The van der Waals surface area contributed by atoms with Gasteiger partial charge in [-0.15, -0.1) is 12.4 Å². The fourth-order valence-corrected chi connectivity index (χ4v) is 3.37. The molecule has 1 fully saturated rings. The van der Waals surface area contributed by atoms with Crippen LogP contribution >= 0.6 is 12.4 Å². The van der Waals surface area contributed by atoms with Gasteiger partial charge in [0.15, 0.2) is 9.84 Å². The van der Waals surface area contributed by atoms with Crippen LogP contribution in [-0.4, -0.2) is 46.3 Å². The molecule has 21 heavy (non-hydrogen) atoms. The molecule has 0 aromatic heterocycles. The van der Waals surface area contributed by atoms with Gasteiger partial charge in [-0.05, 0) is 63.1 Å². The van der Waals surface area contributed by atoms with E-state index in [9.17, 15) is 8.42 Å². The van der Waals surface area contributed by atoms with E-state index < -0.39 is 9.84 Å². The van der Waals surface area contributed by atoms with E-state index in [2.05, 4.69) is 10.2 Å². The zero-order chi connectivity index (χ0) is 14.6. The third kappa shape index (κ3) is 5.58. The van der Waals surface area contributed by atoms with Gasteiger partial charge in [0.25, 0.3) is 0 Å². The van der Waals surface area contributed by atoms with Crippen LogP contribution in [0.5, 0.6) is 0 Å². The lowest BCUT2D eigenvalue weighted by atomic mass is 9.96. The summed E-state index contributed by atoms with van der Waals surface area (Å²) in [6.07, 6.45) is 3.72. The van der Waals surface area contributed by atoms with E-state index in [-0.39, 0.29) is 12.4 Å². The number of sulfone groups is 1. The summed E-state index contributed by atoms with van der Waals surface area (Å²) in [6, 6.07) is 7.27. The highest BCUT2D eigenvalue weighted by Gasteiger charge is 2.18. The van der Waals surface area contributed by atoms with Crippen LogP contribution in [0.4, 0.5) is 0 Å². The standard InChI is InChI=1S/C15H24N2O2S.ClH/c1-16-11-13-7-9-17(10-8-13)12-14-3-5-15(6-4-14)20(2,18)19;/h3-6,13,16H,7-12H2,1-2H3;1H. The average Bonchev–Trinajstić information content (AvgIpc) is 2.41. The molecule has 0 bridgehead atoms. The molecule has 1 aliphatic rings. The molecule has 6 heteroatoms. The van der Waals surface area contributed by atoms with Crippen LogP contribution in [0.25, 0.3) is 0 Å². The van der Waals surface area contributed by atoms with Crippen LogP contribution in [0, 0.1) is 5.92 Å². The molecular formula is C15H25ClN2O2S. The molecule has 1 heterocycles. The number of piperidine rings is 1. The second-order valence-corrected chi connectivity index (χ2v) is 7.71. The van der Waals surface area contributed by atoms with Gasteiger partial charge in [0.05, 0.1) is 4.90 Å². The molecule has 0 amide bonds. The number of nitrogens with zero attached hydrogens (tertiary/aromatic N) is 1. The Bertz CT molecular complexity index is 523. The minimum Gasteiger partial charge on any atom is -0.319 e. The summed E-state index contributed by atoms with van der Waals surface area (Å²) in [7, 11) is -1.08. The van der Waals surface area contributed by atoms with Crippen molar-refractivity contribution in [2.75, 3.05) is 32.9 Å². The number of hydrogen-bond donors (Lipinski definition) is 1. The van der Waals surface area contributed by atoms with Crippen LogP contribution in [-0.2, 0) is 16.4 Å². The van der Waals surface area contributed by atoms with Crippen molar-refractivity contribution in [3.05, 3.63) is 29.8 Å². The zero-order valence-electron chi connectivity index (χ0n) is 12.7. The Kier molecular flexibility index (Phi) is 7.13. The Morgan fingerprint density at radius 1 is 1.19 bits per heavy atom. The van der Waals surface area contributed by atoms with Gasteiger partial charge in [0, 0.05) is 12.8 Å². The first-order valence-corrected chi connectivity index (χ1v) is 9.04. The number of halogens is 1. The van der Waals surface area contributed by atoms with Gasteiger partial charge < -0.3 is 5.32 Å². The Morgan fingerprint density at radius 2 is 1.76 bits per heavy atom. The molecule has 1 aromatic carbocycles. The second-order valence-electron chi connectivity index (χ2n) is 5.69. The molecule has 120 valence electrons. The third-order valence-electron chi connectivity index (χ3n) is 3.96. The molecular weight excluding hydrogens is 308 g/mol. The monoisotopic (exact) mass is 332 g/mol. The van der Waals surface area contributed by atoms with Gasteiger partial charge in [0.1, 0.15) is 0 Å². The van der Waals surface area contributed by atoms with E-state index in [1.54, 1.807) is 12.1 Å². The van der Waals surface area contributed by atoms with E-state index in [4.69, 9.17) is 0 Å². The summed E-state index contributed by atoms with van der Waals surface area (Å²) < 4.78 is 22.8. The summed E-state index contributed by atoms with van der Waals surface area (Å²) in [5.74, 6) is 0.795. The number of hydrogen-bond acceptors (Lipinski definition) is 4. The number of nitrogens with one attached hydrogen (secondary N) is 1. The first kappa shape index (κ1) is 18.4. The smallest absolute Gasteiger partial charge is 0.175 e. The van der Waals surface area contributed by atoms with E-state index in [0.29, 0.717) is 4.90 Å². The van der Waals surface area contributed by atoms with Crippen LogP contribution in [0.3, 0.4) is 0 Å². The molecule has 0 atom stereocenters. The van der Waals surface area contributed by atoms with Crippen LogP contribution in [0.2, 0.25) is 0 Å². The number of rotatable bonds is 5. The summed E-state index contributed by atoms with van der Waals surface area (Å²) in [5.41, 5.74) is 1.18. The highest BCUT2D eigenvalue weighted by molar-refractivity contribution is 7.90. The predicted octanol–water partition coefficient (Wildman–Crippen LogP) is 1.94. The fraction of sp³-hybridized carbons (Fsp3) is 0.600. The minimum atomic E-state index is -3.09. The Hall–Kier alpha value is -0.620. The van der Waals surface area contributed by atoms with E-state index in [0.717, 1.165) is 32.1 Å². The Labute approximate surface area is 134 Å². The lowest BCUT2D eigenvalue weighted by molar-refractivity contribution is 0.177. The molecule has 2 rings (SSSR count). The van der Waals surface area contributed by atoms with Crippen molar-refractivity contribution < 1.29 is 8.42 Å². The minimum absolute atomic E-state index is 0. The van der Waals surface area contributed by atoms with Crippen LogP contribution < -0.4 is 5.32 Å². The molecule has 1 N–H and O–H groups in total. The lowest BCUT2D eigenvalue weighted by Gasteiger charge is -2.31. The summed E-state index contributed by atoms with van der Waals surface area (Å²) >= 11 is 0. The van der Waals surface area contributed by atoms with Crippen molar-refractivity contribution in [2.24, 2.45) is 5.92 Å². The van der Waals surface area contributed by atoms with E-state index >= 15 is 0 Å². The highest BCUT2D eigenvalue weighted by Crippen LogP contribution is 2.19. The zero-order valence-corrected chi connectivity index (χ0v) is 14.3. The van der Waals surface area contributed by atoms with Crippen molar-refractivity contribution in [1.82, 2.24) is 10.2 Å². The fourth-order valence-electron chi connectivity index (χ4n) is 2.74.